The number of anilines is 1. The van der Waals surface area contributed by atoms with Crippen LogP contribution in [-0.2, 0) is 6.54 Å². The van der Waals surface area contributed by atoms with Crippen LogP contribution in [0.1, 0.15) is 5.56 Å². The minimum Gasteiger partial charge on any atom is -0.423 e. The van der Waals surface area contributed by atoms with Crippen molar-refractivity contribution in [1.29, 1.82) is 0 Å². The van der Waals surface area contributed by atoms with Crippen molar-refractivity contribution >= 4 is 17.1 Å². The van der Waals surface area contributed by atoms with Crippen molar-refractivity contribution < 1.29 is 8.81 Å². The largest absolute Gasteiger partial charge is 0.423 e. The monoisotopic (exact) mass is 256 g/mol. The summed E-state index contributed by atoms with van der Waals surface area (Å²) in [5, 5.41) is 0. The fourth-order valence-corrected chi connectivity index (χ4v) is 1.97. The molecule has 0 aliphatic rings. The first kappa shape index (κ1) is 11.7. The topological polar surface area (TPSA) is 29.3 Å². The Hall–Kier alpha value is -2.36. The van der Waals surface area contributed by atoms with Gasteiger partial charge in [0.15, 0.2) is 5.58 Å². The van der Waals surface area contributed by atoms with Crippen LogP contribution in [0.5, 0.6) is 0 Å². The Balaban J connectivity index is 1.87. The van der Waals surface area contributed by atoms with Gasteiger partial charge in [0.05, 0.1) is 0 Å². The molecule has 0 aliphatic heterocycles. The zero-order valence-electron chi connectivity index (χ0n) is 10.5. The number of nitrogens with zero attached hydrogens (tertiary/aromatic N) is 2. The van der Waals surface area contributed by atoms with Gasteiger partial charge in [0.25, 0.3) is 6.01 Å². The minimum atomic E-state index is -0.217. The standard InChI is InChI=1S/C15H13FN2O/c1-18(10-11-6-2-3-7-12(11)16)15-17-13-8-4-5-9-14(13)19-15/h2-9H,10H2,1H3. The fourth-order valence-electron chi connectivity index (χ4n) is 1.97. The third-order valence-electron chi connectivity index (χ3n) is 2.97. The Bertz CT molecular complexity index is 675. The number of rotatable bonds is 3. The van der Waals surface area contributed by atoms with Crippen LogP contribution in [0.25, 0.3) is 11.1 Å². The molecule has 0 bridgehead atoms. The van der Waals surface area contributed by atoms with Gasteiger partial charge in [-0.05, 0) is 18.2 Å². The molecule has 0 atom stereocenters. The van der Waals surface area contributed by atoms with Crippen molar-refractivity contribution in [2.75, 3.05) is 11.9 Å². The third-order valence-corrected chi connectivity index (χ3v) is 2.97. The molecule has 0 unspecified atom stereocenters. The number of benzene rings is 2. The number of halogens is 1. The lowest BCUT2D eigenvalue weighted by Crippen LogP contribution is -2.17. The number of fused-ring (bicyclic) bond motifs is 1. The molecule has 0 aliphatic carbocycles. The van der Waals surface area contributed by atoms with Gasteiger partial charge in [0, 0.05) is 19.2 Å². The van der Waals surface area contributed by atoms with E-state index in [1.165, 1.54) is 6.07 Å². The molecule has 0 radical (unpaired) electrons. The van der Waals surface area contributed by atoms with Crippen LogP contribution in [0.15, 0.2) is 52.9 Å². The summed E-state index contributed by atoms with van der Waals surface area (Å²) >= 11 is 0. The van der Waals surface area contributed by atoms with Crippen LogP contribution in [-0.4, -0.2) is 12.0 Å². The average molecular weight is 256 g/mol. The molecule has 0 amide bonds. The Morgan fingerprint density at radius 3 is 2.63 bits per heavy atom. The second kappa shape index (κ2) is 4.72. The summed E-state index contributed by atoms with van der Waals surface area (Å²) in [6.45, 7) is 0.416. The highest BCUT2D eigenvalue weighted by molar-refractivity contribution is 5.74. The predicted octanol–water partition coefficient (Wildman–Crippen LogP) is 3.60. The molecule has 2 aromatic carbocycles. The first-order valence-electron chi connectivity index (χ1n) is 6.04. The average Bonchev–Trinajstić information content (AvgIpc) is 2.85. The molecule has 3 aromatic rings. The molecule has 1 heterocycles. The first-order chi connectivity index (χ1) is 9.24. The summed E-state index contributed by atoms with van der Waals surface area (Å²) in [7, 11) is 1.83. The van der Waals surface area contributed by atoms with Crippen molar-refractivity contribution in [1.82, 2.24) is 4.98 Å². The molecule has 1 aromatic heterocycles. The fraction of sp³-hybridized carbons (Fsp3) is 0.133. The van der Waals surface area contributed by atoms with Gasteiger partial charge in [0.1, 0.15) is 11.3 Å². The third kappa shape index (κ3) is 2.29. The normalized spacial score (nSPS) is 10.8. The summed E-state index contributed by atoms with van der Waals surface area (Å²) in [5.41, 5.74) is 2.16. The molecule has 0 saturated heterocycles. The second-order valence-electron chi connectivity index (χ2n) is 4.41. The van der Waals surface area contributed by atoms with E-state index >= 15 is 0 Å². The van der Waals surface area contributed by atoms with E-state index in [4.69, 9.17) is 4.42 Å². The Labute approximate surface area is 110 Å². The van der Waals surface area contributed by atoms with Crippen LogP contribution in [0.2, 0.25) is 0 Å². The summed E-state index contributed by atoms with van der Waals surface area (Å²) < 4.78 is 19.2. The first-order valence-corrected chi connectivity index (χ1v) is 6.04. The Morgan fingerprint density at radius 1 is 1.11 bits per heavy atom. The van der Waals surface area contributed by atoms with Gasteiger partial charge in [-0.15, -0.1) is 0 Å². The van der Waals surface area contributed by atoms with Crippen LogP contribution in [0.3, 0.4) is 0 Å². The van der Waals surface area contributed by atoms with Crippen molar-refractivity contribution in [3.8, 4) is 0 Å². The highest BCUT2D eigenvalue weighted by atomic mass is 19.1. The van der Waals surface area contributed by atoms with Gasteiger partial charge in [-0.25, -0.2) is 4.39 Å². The quantitative estimate of drug-likeness (QED) is 0.717. The summed E-state index contributed by atoms with van der Waals surface area (Å²) in [6.07, 6.45) is 0. The zero-order chi connectivity index (χ0) is 13.2. The van der Waals surface area contributed by atoms with Crippen molar-refractivity contribution in [3.05, 3.63) is 59.9 Å². The maximum Gasteiger partial charge on any atom is 0.298 e. The number of para-hydroxylation sites is 2. The van der Waals surface area contributed by atoms with Gasteiger partial charge < -0.3 is 9.32 Å². The van der Waals surface area contributed by atoms with E-state index in [2.05, 4.69) is 4.98 Å². The predicted molar refractivity (Wildman–Crippen MR) is 72.5 cm³/mol. The maximum absolute atomic E-state index is 13.6. The van der Waals surface area contributed by atoms with E-state index in [0.29, 0.717) is 18.1 Å². The minimum absolute atomic E-state index is 0.217. The van der Waals surface area contributed by atoms with E-state index in [1.807, 2.05) is 37.4 Å². The lowest BCUT2D eigenvalue weighted by molar-refractivity contribution is 0.570. The molecule has 0 saturated carbocycles. The maximum atomic E-state index is 13.6. The molecule has 96 valence electrons. The molecule has 0 spiro atoms. The summed E-state index contributed by atoms with van der Waals surface area (Å²) in [6, 6.07) is 14.8. The van der Waals surface area contributed by atoms with Gasteiger partial charge in [-0.2, -0.15) is 4.98 Å². The van der Waals surface area contributed by atoms with E-state index in [9.17, 15) is 4.39 Å². The molecule has 3 rings (SSSR count). The molecule has 3 nitrogen and oxygen atoms in total. The second-order valence-corrected chi connectivity index (χ2v) is 4.41. The Morgan fingerprint density at radius 2 is 1.84 bits per heavy atom. The van der Waals surface area contributed by atoms with Gasteiger partial charge in [-0.1, -0.05) is 30.3 Å². The van der Waals surface area contributed by atoms with E-state index in [-0.39, 0.29) is 5.82 Å². The molecule has 19 heavy (non-hydrogen) atoms. The van der Waals surface area contributed by atoms with E-state index in [1.54, 1.807) is 17.0 Å². The highest BCUT2D eigenvalue weighted by Crippen LogP contribution is 2.22. The van der Waals surface area contributed by atoms with Crippen LogP contribution in [0, 0.1) is 5.82 Å². The SMILES string of the molecule is CN(Cc1ccccc1F)c1nc2ccccc2o1. The number of aromatic nitrogens is 1. The van der Waals surface area contributed by atoms with Crippen LogP contribution >= 0.6 is 0 Å². The lowest BCUT2D eigenvalue weighted by Gasteiger charge is -2.14. The molecular weight excluding hydrogens is 243 g/mol. The smallest absolute Gasteiger partial charge is 0.298 e. The van der Waals surface area contributed by atoms with Crippen LogP contribution in [0.4, 0.5) is 10.4 Å². The van der Waals surface area contributed by atoms with Gasteiger partial charge >= 0.3 is 0 Å². The van der Waals surface area contributed by atoms with E-state index in [0.717, 1.165) is 11.1 Å². The highest BCUT2D eigenvalue weighted by Gasteiger charge is 2.11. The van der Waals surface area contributed by atoms with Crippen LogP contribution < -0.4 is 4.90 Å². The zero-order valence-corrected chi connectivity index (χ0v) is 10.5. The molecule has 0 N–H and O–H groups in total. The summed E-state index contributed by atoms with van der Waals surface area (Å²) in [5.74, 6) is -0.217. The van der Waals surface area contributed by atoms with Crippen molar-refractivity contribution in [2.24, 2.45) is 0 Å². The van der Waals surface area contributed by atoms with Crippen molar-refractivity contribution in [3.63, 3.8) is 0 Å². The molecule has 0 fully saturated rings. The summed E-state index contributed by atoms with van der Waals surface area (Å²) in [4.78, 5) is 6.17. The molecule has 4 heteroatoms. The van der Waals surface area contributed by atoms with Crippen molar-refractivity contribution in [2.45, 2.75) is 6.54 Å². The Kier molecular flexibility index (Phi) is 2.91. The number of hydrogen-bond acceptors (Lipinski definition) is 3. The lowest BCUT2D eigenvalue weighted by atomic mass is 10.2. The number of hydrogen-bond donors (Lipinski definition) is 0. The number of oxazole rings is 1. The molecular formula is C15H13FN2O. The van der Waals surface area contributed by atoms with Gasteiger partial charge in [0.2, 0.25) is 0 Å². The van der Waals surface area contributed by atoms with Gasteiger partial charge in [-0.3, -0.25) is 0 Å². The van der Waals surface area contributed by atoms with E-state index < -0.39 is 0 Å².